The van der Waals surface area contributed by atoms with Crippen molar-refractivity contribution in [2.75, 3.05) is 14.7 Å². The number of benzene rings is 10. The van der Waals surface area contributed by atoms with Crippen LogP contribution in [0, 0.1) is 6.92 Å². The second-order valence-corrected chi connectivity index (χ2v) is 22.6. The van der Waals surface area contributed by atoms with E-state index in [0.29, 0.717) is 0 Å². The number of nitrogens with zero attached hydrogens (tertiary/aromatic N) is 3. The predicted octanol–water partition coefficient (Wildman–Crippen LogP) is 16.5. The van der Waals surface area contributed by atoms with Crippen LogP contribution in [-0.4, -0.2) is 6.71 Å². The Kier molecular flexibility index (Phi) is 10.5. The fraction of sp³-hybridized carbons (Fsp3) is 0.143. The van der Waals surface area contributed by atoms with Gasteiger partial charge < -0.3 is 14.7 Å². The molecule has 10 aromatic rings. The van der Waals surface area contributed by atoms with Gasteiger partial charge >= 0.3 is 0 Å². The first-order valence-electron chi connectivity index (χ1n) is 26.3. The van der Waals surface area contributed by atoms with Gasteiger partial charge in [-0.1, -0.05) is 199 Å². The van der Waals surface area contributed by atoms with Crippen LogP contribution in [0.2, 0.25) is 0 Å². The summed E-state index contributed by atoms with van der Waals surface area (Å²) in [6.07, 6.45) is 0. The zero-order valence-corrected chi connectivity index (χ0v) is 43.4. The molecule has 1 aliphatic carbocycles. The quantitative estimate of drug-likeness (QED) is 0.147. The summed E-state index contributed by atoms with van der Waals surface area (Å²) in [6.45, 7) is 16.2. The molecule has 0 N–H and O–H groups in total. The third-order valence-corrected chi connectivity index (χ3v) is 16.0. The van der Waals surface area contributed by atoms with E-state index < -0.39 is 5.41 Å². The van der Waals surface area contributed by atoms with Crippen LogP contribution in [0.3, 0.4) is 0 Å². The zero-order valence-electron chi connectivity index (χ0n) is 43.4. The normalized spacial score (nSPS) is 13.9. The minimum absolute atomic E-state index is 0.00970. The van der Waals surface area contributed by atoms with Gasteiger partial charge in [0.1, 0.15) is 0 Å². The van der Waals surface area contributed by atoms with E-state index in [1.165, 1.54) is 89.2 Å². The van der Waals surface area contributed by atoms with Gasteiger partial charge in [0.25, 0.3) is 6.71 Å². The zero-order chi connectivity index (χ0) is 50.5. The SMILES string of the molecule is Cc1cc2c3c(c1)N(c1ccc(C(C)(C)C)cc1)c1cc(N(c4ccccc4)c4ccccc4)ccc1B3c1cc(C(C)(C)C)ccc1N2c1ccc2c(c1)C(c1ccccc1)(c1ccccc1)c1ccccc1-2. The molecule has 0 amide bonds. The van der Waals surface area contributed by atoms with Crippen LogP contribution in [0.15, 0.2) is 237 Å². The lowest BCUT2D eigenvalue weighted by Crippen LogP contribution is -2.61. The number of fused-ring (bicyclic) bond motifs is 7. The summed E-state index contributed by atoms with van der Waals surface area (Å²) in [7, 11) is 0. The van der Waals surface area contributed by atoms with Gasteiger partial charge in [-0.15, -0.1) is 0 Å². The van der Waals surface area contributed by atoms with E-state index in [0.717, 1.165) is 28.4 Å². The maximum atomic E-state index is 2.60. The summed E-state index contributed by atoms with van der Waals surface area (Å²) in [5, 5.41) is 0. The van der Waals surface area contributed by atoms with E-state index in [2.05, 4.69) is 300 Å². The summed E-state index contributed by atoms with van der Waals surface area (Å²) in [5.41, 5.74) is 25.3. The Morgan fingerprint density at radius 1 is 0.378 bits per heavy atom. The van der Waals surface area contributed by atoms with Crippen LogP contribution in [0.1, 0.15) is 80.5 Å². The first-order chi connectivity index (χ1) is 35.9. The van der Waals surface area contributed by atoms with E-state index in [4.69, 9.17) is 0 Å². The number of hydrogen-bond donors (Lipinski definition) is 0. The molecule has 0 bridgehead atoms. The maximum absolute atomic E-state index is 2.60. The largest absolute Gasteiger partial charge is 0.311 e. The van der Waals surface area contributed by atoms with Crippen molar-refractivity contribution in [3.05, 3.63) is 276 Å². The third-order valence-electron chi connectivity index (χ3n) is 16.0. The number of rotatable bonds is 7. The molecule has 0 saturated carbocycles. The number of hydrogen-bond acceptors (Lipinski definition) is 3. The van der Waals surface area contributed by atoms with E-state index in [9.17, 15) is 0 Å². The number of para-hydroxylation sites is 2. The standard InChI is InChI=1S/C70H60BN3/c1-47-42-65-67-66(43-47)74(55-37-39-58-57-30-20-21-31-59(57)70(60(58)45-55,49-22-12-8-13-23-49)50-24-14-9-15-25-50)63-41-34-51(69(5,6)7)44-62(63)71(67)61-40-38-56(72(52-26-16-10-17-27-52)53-28-18-11-19-29-53)46-64(61)73(65)54-35-32-48(33-36-54)68(2,3)4/h8-46H,1-7H3. The fourth-order valence-corrected chi connectivity index (χ4v) is 12.6. The van der Waals surface area contributed by atoms with Gasteiger partial charge in [-0.05, 0) is 163 Å². The van der Waals surface area contributed by atoms with Crippen molar-refractivity contribution in [2.45, 2.75) is 64.7 Å². The highest BCUT2D eigenvalue weighted by atomic mass is 15.2. The first kappa shape index (κ1) is 45.5. The summed E-state index contributed by atoms with van der Waals surface area (Å²) in [5.74, 6) is 0. The van der Waals surface area contributed by atoms with E-state index in [1.807, 2.05) is 0 Å². The smallest absolute Gasteiger partial charge is 0.252 e. The monoisotopic (exact) mass is 953 g/mol. The highest BCUT2D eigenvalue weighted by molar-refractivity contribution is 7.00. The Labute approximate surface area is 438 Å². The molecule has 0 spiro atoms. The summed E-state index contributed by atoms with van der Waals surface area (Å²) < 4.78 is 0. The van der Waals surface area contributed by atoms with Crippen molar-refractivity contribution in [3.63, 3.8) is 0 Å². The molecular weight excluding hydrogens is 894 g/mol. The Hall–Kier alpha value is -8.34. The lowest BCUT2D eigenvalue weighted by molar-refractivity contribution is 0.590. The average molecular weight is 954 g/mol. The Balaban J connectivity index is 1.09. The Bertz CT molecular complexity index is 3680. The maximum Gasteiger partial charge on any atom is 0.252 e. The van der Waals surface area contributed by atoms with E-state index in [-0.39, 0.29) is 17.5 Å². The van der Waals surface area contributed by atoms with Crippen molar-refractivity contribution >= 4 is 74.3 Å². The van der Waals surface area contributed by atoms with Crippen molar-refractivity contribution in [2.24, 2.45) is 0 Å². The molecule has 358 valence electrons. The molecule has 3 nitrogen and oxygen atoms in total. The van der Waals surface area contributed by atoms with Crippen molar-refractivity contribution < 1.29 is 0 Å². The lowest BCUT2D eigenvalue weighted by atomic mass is 9.33. The van der Waals surface area contributed by atoms with E-state index in [1.54, 1.807) is 0 Å². The van der Waals surface area contributed by atoms with Crippen LogP contribution >= 0.6 is 0 Å². The molecule has 0 aromatic heterocycles. The van der Waals surface area contributed by atoms with E-state index >= 15 is 0 Å². The number of anilines is 9. The Morgan fingerprint density at radius 3 is 1.49 bits per heavy atom. The highest BCUT2D eigenvalue weighted by Gasteiger charge is 2.48. The molecule has 4 heteroatoms. The number of aryl methyl sites for hydroxylation is 1. The molecular formula is C70H60BN3. The van der Waals surface area contributed by atoms with Gasteiger partial charge in [0.15, 0.2) is 0 Å². The third kappa shape index (κ3) is 7.10. The van der Waals surface area contributed by atoms with Crippen LogP contribution in [0.4, 0.5) is 51.2 Å². The van der Waals surface area contributed by atoms with Gasteiger partial charge in [0.2, 0.25) is 0 Å². The lowest BCUT2D eigenvalue weighted by Gasteiger charge is -2.45. The minimum Gasteiger partial charge on any atom is -0.311 e. The second-order valence-electron chi connectivity index (χ2n) is 22.6. The molecule has 0 atom stereocenters. The average Bonchev–Trinajstić information content (AvgIpc) is 3.71. The molecule has 2 aliphatic heterocycles. The molecule has 3 aliphatic rings. The second kappa shape index (κ2) is 17.1. The summed E-state index contributed by atoms with van der Waals surface area (Å²) >= 11 is 0. The van der Waals surface area contributed by atoms with Crippen molar-refractivity contribution in [1.29, 1.82) is 0 Å². The van der Waals surface area contributed by atoms with Crippen molar-refractivity contribution in [3.8, 4) is 11.1 Å². The molecule has 0 radical (unpaired) electrons. The molecule has 0 saturated heterocycles. The minimum atomic E-state index is -0.534. The van der Waals surface area contributed by atoms with Gasteiger partial charge in [0.05, 0.1) is 5.41 Å². The molecule has 13 rings (SSSR count). The predicted molar refractivity (Wildman–Crippen MR) is 315 cm³/mol. The topological polar surface area (TPSA) is 9.72 Å². The molecule has 2 heterocycles. The molecule has 0 fully saturated rings. The van der Waals surface area contributed by atoms with Gasteiger partial charge in [-0.2, -0.15) is 0 Å². The van der Waals surface area contributed by atoms with Crippen LogP contribution < -0.4 is 31.1 Å². The Morgan fingerprint density at radius 2 is 0.892 bits per heavy atom. The van der Waals surface area contributed by atoms with Crippen LogP contribution in [-0.2, 0) is 16.2 Å². The van der Waals surface area contributed by atoms with Gasteiger partial charge in [-0.25, -0.2) is 0 Å². The van der Waals surface area contributed by atoms with Gasteiger partial charge in [-0.3, -0.25) is 0 Å². The van der Waals surface area contributed by atoms with Crippen LogP contribution in [0.5, 0.6) is 0 Å². The van der Waals surface area contributed by atoms with Crippen molar-refractivity contribution in [1.82, 2.24) is 0 Å². The van der Waals surface area contributed by atoms with Crippen LogP contribution in [0.25, 0.3) is 11.1 Å². The molecule has 10 aromatic carbocycles. The molecule has 0 unspecified atom stereocenters. The molecule has 74 heavy (non-hydrogen) atoms. The van der Waals surface area contributed by atoms with Gasteiger partial charge in [0, 0.05) is 51.2 Å². The summed E-state index contributed by atoms with van der Waals surface area (Å²) in [6, 6.07) is 89.1. The first-order valence-corrected chi connectivity index (χ1v) is 26.3. The summed E-state index contributed by atoms with van der Waals surface area (Å²) in [4.78, 5) is 7.55. The fourth-order valence-electron chi connectivity index (χ4n) is 12.6. The highest BCUT2D eigenvalue weighted by Crippen LogP contribution is 2.58.